The summed E-state index contributed by atoms with van der Waals surface area (Å²) < 4.78 is 1.91. The molecule has 1 aromatic carbocycles. The molecule has 1 heterocycles. The highest BCUT2D eigenvalue weighted by atomic mass is 32.2. The standard InChI is InChI=1S/C17H21N5OS/c1-12(2)17(4,11-18)19-15(23)10-24-16-21-20-13(3)22(16)14-8-6-5-7-9-14/h5-9,12H,10H2,1-4H3,(H,19,23)/t17-/m1/s1. The lowest BCUT2D eigenvalue weighted by Crippen LogP contribution is -2.49. The minimum Gasteiger partial charge on any atom is -0.337 e. The number of aryl methyl sites for hydroxylation is 1. The number of carbonyl (C=O) groups excluding carboxylic acids is 1. The zero-order chi connectivity index (χ0) is 17.7. The van der Waals surface area contributed by atoms with Gasteiger partial charge < -0.3 is 5.32 Å². The number of hydrogen-bond donors (Lipinski definition) is 1. The normalized spacial score (nSPS) is 13.3. The molecule has 0 fully saturated rings. The highest BCUT2D eigenvalue weighted by Crippen LogP contribution is 2.22. The SMILES string of the molecule is Cc1nnc(SCC(=O)N[C@](C)(C#N)C(C)C)n1-c1ccccc1. The molecule has 24 heavy (non-hydrogen) atoms. The van der Waals surface area contributed by atoms with Crippen molar-refractivity contribution in [2.24, 2.45) is 5.92 Å². The number of thioether (sulfide) groups is 1. The topological polar surface area (TPSA) is 83.6 Å². The van der Waals surface area contributed by atoms with E-state index in [9.17, 15) is 10.1 Å². The van der Waals surface area contributed by atoms with Crippen LogP contribution in [-0.4, -0.2) is 32.0 Å². The Morgan fingerprint density at radius 1 is 1.38 bits per heavy atom. The monoisotopic (exact) mass is 343 g/mol. The van der Waals surface area contributed by atoms with E-state index in [-0.39, 0.29) is 17.6 Å². The van der Waals surface area contributed by atoms with Gasteiger partial charge in [0.2, 0.25) is 5.91 Å². The van der Waals surface area contributed by atoms with Crippen LogP contribution in [0, 0.1) is 24.2 Å². The third-order valence-electron chi connectivity index (χ3n) is 3.93. The van der Waals surface area contributed by atoms with Crippen molar-refractivity contribution in [3.8, 4) is 11.8 Å². The van der Waals surface area contributed by atoms with Crippen molar-refractivity contribution < 1.29 is 4.79 Å². The number of aromatic nitrogens is 3. The van der Waals surface area contributed by atoms with Crippen LogP contribution in [0.3, 0.4) is 0 Å². The van der Waals surface area contributed by atoms with Gasteiger partial charge in [-0.1, -0.05) is 43.8 Å². The fraction of sp³-hybridized carbons (Fsp3) is 0.412. The number of nitriles is 1. The number of hydrogen-bond acceptors (Lipinski definition) is 5. The Hall–Kier alpha value is -2.33. The minimum absolute atomic E-state index is 0.0201. The highest BCUT2D eigenvalue weighted by Gasteiger charge is 2.30. The lowest BCUT2D eigenvalue weighted by Gasteiger charge is -2.27. The van der Waals surface area contributed by atoms with Gasteiger partial charge in [0, 0.05) is 5.69 Å². The van der Waals surface area contributed by atoms with Crippen molar-refractivity contribution >= 4 is 17.7 Å². The first-order chi connectivity index (χ1) is 11.4. The van der Waals surface area contributed by atoms with Gasteiger partial charge in [-0.25, -0.2) is 0 Å². The van der Waals surface area contributed by atoms with Gasteiger partial charge in [0.1, 0.15) is 11.4 Å². The van der Waals surface area contributed by atoms with E-state index in [1.54, 1.807) is 6.92 Å². The lowest BCUT2D eigenvalue weighted by atomic mass is 9.90. The van der Waals surface area contributed by atoms with E-state index < -0.39 is 5.54 Å². The number of rotatable bonds is 6. The third kappa shape index (κ3) is 3.95. The van der Waals surface area contributed by atoms with Crippen LogP contribution in [0.4, 0.5) is 0 Å². The summed E-state index contributed by atoms with van der Waals surface area (Å²) in [7, 11) is 0. The zero-order valence-electron chi connectivity index (χ0n) is 14.3. The minimum atomic E-state index is -0.874. The van der Waals surface area contributed by atoms with Crippen LogP contribution in [0.1, 0.15) is 26.6 Å². The molecule has 1 amide bonds. The molecule has 0 aliphatic heterocycles. The zero-order valence-corrected chi connectivity index (χ0v) is 15.1. The summed E-state index contributed by atoms with van der Waals surface area (Å²) >= 11 is 1.30. The quantitative estimate of drug-likeness (QED) is 0.815. The van der Waals surface area contributed by atoms with Crippen LogP contribution in [0.15, 0.2) is 35.5 Å². The summed E-state index contributed by atoms with van der Waals surface area (Å²) in [5, 5.41) is 21.0. The molecule has 1 aromatic heterocycles. The van der Waals surface area contributed by atoms with Crippen LogP contribution in [0.2, 0.25) is 0 Å². The van der Waals surface area contributed by atoms with Crippen LogP contribution < -0.4 is 5.32 Å². The van der Waals surface area contributed by atoms with E-state index in [0.717, 1.165) is 11.5 Å². The van der Waals surface area contributed by atoms with E-state index in [1.807, 2.05) is 55.7 Å². The van der Waals surface area contributed by atoms with Crippen molar-refractivity contribution in [1.29, 1.82) is 5.26 Å². The van der Waals surface area contributed by atoms with E-state index in [4.69, 9.17) is 0 Å². The van der Waals surface area contributed by atoms with Gasteiger partial charge in [-0.15, -0.1) is 10.2 Å². The summed E-state index contributed by atoms with van der Waals surface area (Å²) in [6, 6.07) is 11.9. The summed E-state index contributed by atoms with van der Waals surface area (Å²) in [5.41, 5.74) is 0.0765. The van der Waals surface area contributed by atoms with E-state index >= 15 is 0 Å². The van der Waals surface area contributed by atoms with Gasteiger partial charge in [0.05, 0.1) is 11.8 Å². The second kappa shape index (κ2) is 7.49. The number of carbonyl (C=O) groups is 1. The fourth-order valence-corrected chi connectivity index (χ4v) is 2.87. The van der Waals surface area contributed by atoms with Crippen LogP contribution in [-0.2, 0) is 4.79 Å². The maximum absolute atomic E-state index is 12.2. The van der Waals surface area contributed by atoms with Gasteiger partial charge in [-0.05, 0) is 31.9 Å². The Bertz CT molecular complexity index is 750. The van der Waals surface area contributed by atoms with Crippen molar-refractivity contribution in [2.75, 3.05) is 5.75 Å². The molecule has 6 nitrogen and oxygen atoms in total. The maximum Gasteiger partial charge on any atom is 0.231 e. The summed E-state index contributed by atoms with van der Waals surface area (Å²) in [5.74, 6) is 0.757. The third-order valence-corrected chi connectivity index (χ3v) is 4.86. The molecule has 0 radical (unpaired) electrons. The van der Waals surface area contributed by atoms with E-state index in [2.05, 4.69) is 21.6 Å². The predicted molar refractivity (Wildman–Crippen MR) is 93.8 cm³/mol. The molecule has 0 unspecified atom stereocenters. The molecular formula is C17H21N5OS. The van der Waals surface area contributed by atoms with Gasteiger partial charge in [-0.3, -0.25) is 9.36 Å². The Morgan fingerprint density at radius 3 is 2.62 bits per heavy atom. The molecule has 0 spiro atoms. The average molecular weight is 343 g/mol. The van der Waals surface area contributed by atoms with Crippen molar-refractivity contribution in [1.82, 2.24) is 20.1 Å². The van der Waals surface area contributed by atoms with Gasteiger partial charge in [0.15, 0.2) is 5.16 Å². The molecule has 2 aromatic rings. The van der Waals surface area contributed by atoms with Gasteiger partial charge in [-0.2, -0.15) is 5.26 Å². The molecule has 2 rings (SSSR count). The second-order valence-electron chi connectivity index (χ2n) is 6.01. The van der Waals surface area contributed by atoms with Crippen LogP contribution >= 0.6 is 11.8 Å². The lowest BCUT2D eigenvalue weighted by molar-refractivity contribution is -0.120. The first-order valence-electron chi connectivity index (χ1n) is 7.70. The Balaban J connectivity index is 2.09. The molecule has 126 valence electrons. The van der Waals surface area contributed by atoms with Crippen molar-refractivity contribution in [2.45, 2.75) is 38.4 Å². The summed E-state index contributed by atoms with van der Waals surface area (Å²) in [6.45, 7) is 7.42. The molecule has 1 atom stereocenters. The molecule has 7 heteroatoms. The first kappa shape index (κ1) is 18.0. The van der Waals surface area contributed by atoms with Crippen LogP contribution in [0.5, 0.6) is 0 Å². The molecule has 0 aliphatic rings. The largest absolute Gasteiger partial charge is 0.337 e. The summed E-state index contributed by atoms with van der Waals surface area (Å²) in [6.07, 6.45) is 0. The van der Waals surface area contributed by atoms with Crippen molar-refractivity contribution in [3.05, 3.63) is 36.2 Å². The number of benzene rings is 1. The molecule has 1 N–H and O–H groups in total. The molecule has 0 saturated heterocycles. The van der Waals surface area contributed by atoms with Crippen LogP contribution in [0.25, 0.3) is 5.69 Å². The molecule has 0 aliphatic carbocycles. The first-order valence-corrected chi connectivity index (χ1v) is 8.68. The predicted octanol–water partition coefficient (Wildman–Crippen LogP) is 2.72. The van der Waals surface area contributed by atoms with Gasteiger partial charge in [0.25, 0.3) is 0 Å². The number of para-hydroxylation sites is 1. The highest BCUT2D eigenvalue weighted by molar-refractivity contribution is 7.99. The van der Waals surface area contributed by atoms with E-state index in [1.165, 1.54) is 11.8 Å². The number of nitrogens with zero attached hydrogens (tertiary/aromatic N) is 4. The Labute approximate surface area is 146 Å². The maximum atomic E-state index is 12.2. The molecular weight excluding hydrogens is 322 g/mol. The molecule has 0 saturated carbocycles. The Morgan fingerprint density at radius 2 is 2.04 bits per heavy atom. The van der Waals surface area contributed by atoms with Gasteiger partial charge >= 0.3 is 0 Å². The Kier molecular flexibility index (Phi) is 5.62. The number of amides is 1. The number of nitrogens with one attached hydrogen (secondary N) is 1. The van der Waals surface area contributed by atoms with E-state index in [0.29, 0.717) is 5.16 Å². The summed E-state index contributed by atoms with van der Waals surface area (Å²) in [4.78, 5) is 12.2. The second-order valence-corrected chi connectivity index (χ2v) is 6.95. The fourth-order valence-electron chi connectivity index (χ4n) is 2.07. The molecule has 0 bridgehead atoms. The smallest absolute Gasteiger partial charge is 0.231 e. The van der Waals surface area contributed by atoms with Crippen molar-refractivity contribution in [3.63, 3.8) is 0 Å². The average Bonchev–Trinajstić information content (AvgIpc) is 2.94.